The van der Waals surface area contributed by atoms with E-state index in [9.17, 15) is 19.5 Å². The molecule has 0 radical (unpaired) electrons. The van der Waals surface area contributed by atoms with E-state index in [1.165, 1.54) is 18.2 Å². The van der Waals surface area contributed by atoms with E-state index >= 15 is 0 Å². The van der Waals surface area contributed by atoms with Crippen LogP contribution in [0.4, 0.5) is 4.79 Å². The number of ether oxygens (including phenoxy) is 1. The quantitative estimate of drug-likeness (QED) is 0.595. The molecule has 25 heavy (non-hydrogen) atoms. The normalized spacial score (nSPS) is 15.0. The molecule has 1 N–H and O–H groups in total. The van der Waals surface area contributed by atoms with Crippen molar-refractivity contribution in [3.05, 3.63) is 27.7 Å². The van der Waals surface area contributed by atoms with Crippen molar-refractivity contribution in [3.8, 4) is 11.5 Å². The number of aromatic hydroxyl groups is 1. The third kappa shape index (κ3) is 3.53. The minimum absolute atomic E-state index is 0.0577. The van der Waals surface area contributed by atoms with Gasteiger partial charge in [-0.3, -0.25) is 19.4 Å². The summed E-state index contributed by atoms with van der Waals surface area (Å²) in [6, 6.07) is 2.34. The average molecular weight is 411 g/mol. The smallest absolute Gasteiger partial charge is 0.333 e. The van der Waals surface area contributed by atoms with Crippen LogP contribution in [0, 0.1) is 0 Å². The minimum Gasteiger partial charge on any atom is -0.504 e. The molecule has 8 heteroatoms. The maximum atomic E-state index is 12.5. The number of carbonyl (C=O) groups excluding carboxylic acids is 3. The minimum atomic E-state index is -0.639. The van der Waals surface area contributed by atoms with Gasteiger partial charge in [-0.25, -0.2) is 4.79 Å². The Balaban J connectivity index is 2.54. The molecule has 0 unspecified atom stereocenters. The number of benzene rings is 1. The fourth-order valence-corrected chi connectivity index (χ4v) is 2.92. The zero-order valence-electron chi connectivity index (χ0n) is 14.2. The van der Waals surface area contributed by atoms with Crippen LogP contribution < -0.4 is 4.74 Å². The van der Waals surface area contributed by atoms with Gasteiger partial charge in [0.15, 0.2) is 11.5 Å². The summed E-state index contributed by atoms with van der Waals surface area (Å²) >= 11 is 3.30. The number of rotatable bonds is 5. The van der Waals surface area contributed by atoms with Crippen LogP contribution in [0.5, 0.6) is 11.5 Å². The van der Waals surface area contributed by atoms with Crippen LogP contribution in [0.25, 0.3) is 6.08 Å². The maximum Gasteiger partial charge on any atom is 0.333 e. The highest BCUT2D eigenvalue weighted by Crippen LogP contribution is 2.34. The van der Waals surface area contributed by atoms with E-state index in [1.807, 2.05) is 0 Å². The van der Waals surface area contributed by atoms with Gasteiger partial charge in [0.2, 0.25) is 0 Å². The second-order valence-corrected chi connectivity index (χ2v) is 6.07. The van der Waals surface area contributed by atoms with Crippen molar-refractivity contribution in [3.63, 3.8) is 0 Å². The number of likely N-dealkylation sites (N-methyl/N-ethyl adjacent to an activating group) is 2. The first-order valence-electron chi connectivity index (χ1n) is 7.90. The van der Waals surface area contributed by atoms with E-state index in [-0.39, 0.29) is 30.2 Å². The third-order valence-corrected chi connectivity index (χ3v) is 4.41. The number of urea groups is 1. The van der Waals surface area contributed by atoms with Gasteiger partial charge in [-0.05, 0) is 44.5 Å². The van der Waals surface area contributed by atoms with E-state index < -0.39 is 17.8 Å². The molecule has 1 aromatic rings. The SMILES string of the molecule is CCOc1cc(C=C2C(=O)N(CC)C(=O)N(CC)C2=O)c(Br)cc1O. The average Bonchev–Trinajstić information content (AvgIpc) is 2.56. The molecule has 1 fully saturated rings. The fourth-order valence-electron chi connectivity index (χ4n) is 2.48. The number of phenolic OH excluding ortho intramolecular Hbond substituents is 1. The van der Waals surface area contributed by atoms with E-state index in [4.69, 9.17) is 4.74 Å². The second kappa shape index (κ2) is 7.69. The molecule has 0 saturated carbocycles. The highest BCUT2D eigenvalue weighted by Gasteiger charge is 2.40. The van der Waals surface area contributed by atoms with Crippen molar-refractivity contribution in [1.29, 1.82) is 0 Å². The number of halogens is 1. The Morgan fingerprint density at radius 2 is 1.64 bits per heavy atom. The Kier molecular flexibility index (Phi) is 5.84. The van der Waals surface area contributed by atoms with Gasteiger partial charge in [0, 0.05) is 17.6 Å². The number of phenols is 1. The number of nitrogens with zero attached hydrogens (tertiary/aromatic N) is 2. The number of imide groups is 2. The van der Waals surface area contributed by atoms with Gasteiger partial charge in [-0.15, -0.1) is 0 Å². The molecule has 1 aliphatic rings. The summed E-state index contributed by atoms with van der Waals surface area (Å²) in [5, 5.41) is 9.88. The van der Waals surface area contributed by atoms with Crippen molar-refractivity contribution in [2.75, 3.05) is 19.7 Å². The lowest BCUT2D eigenvalue weighted by molar-refractivity contribution is -0.135. The van der Waals surface area contributed by atoms with Crippen LogP contribution in [-0.2, 0) is 9.59 Å². The Morgan fingerprint density at radius 1 is 1.08 bits per heavy atom. The number of hydrogen-bond donors (Lipinski definition) is 1. The van der Waals surface area contributed by atoms with E-state index in [1.54, 1.807) is 20.8 Å². The molecule has 0 bridgehead atoms. The van der Waals surface area contributed by atoms with Gasteiger partial charge in [-0.2, -0.15) is 0 Å². The molecule has 0 spiro atoms. The molecule has 0 aliphatic carbocycles. The van der Waals surface area contributed by atoms with Gasteiger partial charge in [0.1, 0.15) is 5.57 Å². The van der Waals surface area contributed by atoms with Gasteiger partial charge >= 0.3 is 6.03 Å². The summed E-state index contributed by atoms with van der Waals surface area (Å²) in [6.45, 7) is 5.80. The first-order valence-corrected chi connectivity index (χ1v) is 8.69. The molecular weight excluding hydrogens is 392 g/mol. The highest BCUT2D eigenvalue weighted by molar-refractivity contribution is 9.10. The van der Waals surface area contributed by atoms with Gasteiger partial charge in [0.25, 0.3) is 11.8 Å². The highest BCUT2D eigenvalue weighted by atomic mass is 79.9. The Labute approximate surface area is 154 Å². The zero-order chi connectivity index (χ0) is 18.7. The van der Waals surface area contributed by atoms with Crippen LogP contribution in [0.2, 0.25) is 0 Å². The van der Waals surface area contributed by atoms with Gasteiger partial charge in [-0.1, -0.05) is 15.9 Å². The molecule has 1 aromatic carbocycles. The van der Waals surface area contributed by atoms with E-state index in [0.717, 1.165) is 9.80 Å². The number of carbonyl (C=O) groups is 3. The monoisotopic (exact) mass is 410 g/mol. The summed E-state index contributed by atoms with van der Waals surface area (Å²) < 4.78 is 5.82. The van der Waals surface area contributed by atoms with Crippen LogP contribution in [-0.4, -0.2) is 52.4 Å². The summed E-state index contributed by atoms with van der Waals surface area (Å²) in [5.41, 5.74) is 0.372. The van der Waals surface area contributed by atoms with Crippen molar-refractivity contribution >= 4 is 39.9 Å². The van der Waals surface area contributed by atoms with Gasteiger partial charge < -0.3 is 9.84 Å². The topological polar surface area (TPSA) is 87.2 Å². The summed E-state index contributed by atoms with van der Waals surface area (Å²) in [7, 11) is 0. The predicted molar refractivity (Wildman–Crippen MR) is 95.1 cm³/mol. The lowest BCUT2D eigenvalue weighted by Crippen LogP contribution is -2.56. The Bertz CT molecular complexity index is 732. The van der Waals surface area contributed by atoms with Crippen LogP contribution in [0.1, 0.15) is 26.3 Å². The first-order chi connectivity index (χ1) is 11.8. The largest absolute Gasteiger partial charge is 0.504 e. The van der Waals surface area contributed by atoms with Crippen LogP contribution >= 0.6 is 15.9 Å². The second-order valence-electron chi connectivity index (χ2n) is 5.21. The fraction of sp³-hybridized carbons (Fsp3) is 0.353. The third-order valence-electron chi connectivity index (χ3n) is 3.72. The summed E-state index contributed by atoms with van der Waals surface area (Å²) in [4.78, 5) is 39.3. The van der Waals surface area contributed by atoms with Crippen molar-refractivity contribution in [2.45, 2.75) is 20.8 Å². The molecule has 1 saturated heterocycles. The Hall–Kier alpha value is -2.35. The molecule has 134 valence electrons. The number of hydrogen-bond acceptors (Lipinski definition) is 5. The first kappa shape index (κ1) is 19.0. The summed E-state index contributed by atoms with van der Waals surface area (Å²) in [6.07, 6.45) is 1.40. The molecule has 2 rings (SSSR count). The number of barbiturate groups is 1. The lowest BCUT2D eigenvalue weighted by Gasteiger charge is -2.32. The summed E-state index contributed by atoms with van der Waals surface area (Å²) in [5.74, 6) is -1.10. The molecular formula is C17H19BrN2O5. The molecule has 1 heterocycles. The predicted octanol–water partition coefficient (Wildman–Crippen LogP) is 2.77. The van der Waals surface area contributed by atoms with Crippen LogP contribution in [0.3, 0.4) is 0 Å². The number of amides is 4. The van der Waals surface area contributed by atoms with Crippen molar-refractivity contribution in [2.24, 2.45) is 0 Å². The molecule has 0 atom stereocenters. The van der Waals surface area contributed by atoms with Gasteiger partial charge in [0.05, 0.1) is 6.61 Å². The standard InChI is InChI=1S/C17H19BrN2O5/c1-4-19-15(22)11(16(23)20(5-2)17(19)24)7-10-8-14(25-6-3)13(21)9-12(10)18/h7-9,21H,4-6H2,1-3H3. The van der Waals surface area contributed by atoms with Crippen molar-refractivity contribution < 1.29 is 24.2 Å². The molecule has 0 aromatic heterocycles. The Morgan fingerprint density at radius 3 is 2.12 bits per heavy atom. The lowest BCUT2D eigenvalue weighted by atomic mass is 10.1. The van der Waals surface area contributed by atoms with Crippen LogP contribution in [0.15, 0.2) is 22.2 Å². The maximum absolute atomic E-state index is 12.5. The zero-order valence-corrected chi connectivity index (χ0v) is 15.8. The van der Waals surface area contributed by atoms with E-state index in [0.29, 0.717) is 16.6 Å². The van der Waals surface area contributed by atoms with Crippen molar-refractivity contribution in [1.82, 2.24) is 9.80 Å². The molecule has 7 nitrogen and oxygen atoms in total. The molecule has 4 amide bonds. The molecule has 1 aliphatic heterocycles. The van der Waals surface area contributed by atoms with E-state index in [2.05, 4.69) is 15.9 Å².